The van der Waals surface area contributed by atoms with Crippen molar-refractivity contribution in [2.45, 2.75) is 44.9 Å². The van der Waals surface area contributed by atoms with Crippen molar-refractivity contribution in [3.63, 3.8) is 0 Å². The minimum atomic E-state index is -0.153. The van der Waals surface area contributed by atoms with Crippen LogP contribution in [-0.4, -0.2) is 22.6 Å². The Hall–Kier alpha value is -1.92. The van der Waals surface area contributed by atoms with Crippen LogP contribution in [-0.2, 0) is 17.6 Å². The molecule has 25 heavy (non-hydrogen) atoms. The molecule has 6 nitrogen and oxygen atoms in total. The van der Waals surface area contributed by atoms with E-state index in [4.69, 9.17) is 10.3 Å². The molecule has 2 aromatic rings. The summed E-state index contributed by atoms with van der Waals surface area (Å²) in [7, 11) is 0. The molecule has 1 aliphatic rings. The molecule has 0 bridgehead atoms. The van der Waals surface area contributed by atoms with Gasteiger partial charge in [-0.2, -0.15) is 4.98 Å². The van der Waals surface area contributed by atoms with Gasteiger partial charge >= 0.3 is 0 Å². The Labute approximate surface area is 154 Å². The lowest BCUT2D eigenvalue weighted by Gasteiger charge is -2.34. The minimum Gasteiger partial charge on any atom is -0.339 e. The van der Waals surface area contributed by atoms with Gasteiger partial charge in [-0.25, -0.2) is 0 Å². The molecule has 0 unspecified atom stereocenters. The van der Waals surface area contributed by atoms with Crippen LogP contribution in [0.5, 0.6) is 0 Å². The monoisotopic (exact) mass is 364 g/mol. The number of hydrogen-bond acceptors (Lipinski definition) is 5. The number of hydrogen-bond donors (Lipinski definition) is 2. The molecule has 1 aromatic carbocycles. The lowest BCUT2D eigenvalue weighted by atomic mass is 9.72. The molecule has 1 fully saturated rings. The topological polar surface area (TPSA) is 94.0 Å². The molecule has 1 saturated carbocycles. The van der Waals surface area contributed by atoms with Crippen LogP contribution in [0.25, 0.3) is 0 Å². The van der Waals surface area contributed by atoms with Crippen molar-refractivity contribution in [3.8, 4) is 0 Å². The van der Waals surface area contributed by atoms with E-state index in [0.717, 1.165) is 18.5 Å². The maximum absolute atomic E-state index is 12.0. The number of nitrogens with two attached hydrogens (primary N) is 1. The Morgan fingerprint density at radius 3 is 2.60 bits per heavy atom. The first-order valence-corrected chi connectivity index (χ1v) is 8.56. The molecule has 7 heteroatoms. The van der Waals surface area contributed by atoms with Crippen molar-refractivity contribution in [1.29, 1.82) is 0 Å². The number of rotatable bonds is 6. The maximum Gasteiger partial charge on any atom is 0.232 e. The number of carbonyl (C=O) groups excluding carboxylic acids is 1. The third-order valence-electron chi connectivity index (χ3n) is 4.76. The zero-order valence-corrected chi connectivity index (χ0v) is 15.1. The smallest absolute Gasteiger partial charge is 0.232 e. The molecule has 0 radical (unpaired) electrons. The quantitative estimate of drug-likeness (QED) is 0.821. The zero-order valence-electron chi connectivity index (χ0n) is 14.2. The molecule has 0 spiro atoms. The van der Waals surface area contributed by atoms with Gasteiger partial charge < -0.3 is 15.6 Å². The second-order valence-corrected chi connectivity index (χ2v) is 6.64. The van der Waals surface area contributed by atoms with Crippen LogP contribution in [0.15, 0.2) is 34.9 Å². The van der Waals surface area contributed by atoms with Crippen molar-refractivity contribution < 1.29 is 9.32 Å². The van der Waals surface area contributed by atoms with E-state index >= 15 is 0 Å². The Morgan fingerprint density at radius 2 is 1.92 bits per heavy atom. The number of anilines is 1. The highest BCUT2D eigenvalue weighted by Crippen LogP contribution is 2.37. The number of nitrogens with zero attached hydrogens (tertiary/aromatic N) is 2. The van der Waals surface area contributed by atoms with E-state index in [-0.39, 0.29) is 30.2 Å². The van der Waals surface area contributed by atoms with Crippen molar-refractivity contribution in [3.05, 3.63) is 42.0 Å². The molecular formula is C18H25ClN4O2. The second-order valence-electron chi connectivity index (χ2n) is 6.64. The third kappa shape index (κ3) is 5.28. The number of carbonyl (C=O) groups is 1. The fourth-order valence-corrected chi connectivity index (χ4v) is 3.38. The summed E-state index contributed by atoms with van der Waals surface area (Å²) in [5.74, 6) is 0.853. The van der Waals surface area contributed by atoms with E-state index < -0.39 is 0 Å². The molecule has 1 aromatic heterocycles. The van der Waals surface area contributed by atoms with Gasteiger partial charge in [0, 0.05) is 12.1 Å². The summed E-state index contributed by atoms with van der Waals surface area (Å²) < 4.78 is 5.35. The Kier molecular flexibility index (Phi) is 6.96. The molecule has 3 rings (SSSR count). The number of benzene rings is 1. The number of amides is 1. The molecule has 1 heterocycles. The molecule has 0 saturated heterocycles. The van der Waals surface area contributed by atoms with Crippen LogP contribution >= 0.6 is 12.4 Å². The number of nitrogens with one attached hydrogen (secondary N) is 1. The highest BCUT2D eigenvalue weighted by molar-refractivity contribution is 5.91. The first kappa shape index (κ1) is 19.4. The molecule has 136 valence electrons. The molecule has 3 N–H and O–H groups in total. The average Bonchev–Trinajstić information content (AvgIpc) is 3.03. The van der Waals surface area contributed by atoms with Gasteiger partial charge in [-0.1, -0.05) is 42.6 Å². The summed E-state index contributed by atoms with van der Waals surface area (Å²) >= 11 is 0. The van der Waals surface area contributed by atoms with Crippen LogP contribution in [0, 0.1) is 5.41 Å². The predicted octanol–water partition coefficient (Wildman–Crippen LogP) is 3.12. The van der Waals surface area contributed by atoms with Gasteiger partial charge in [0.1, 0.15) is 0 Å². The van der Waals surface area contributed by atoms with Gasteiger partial charge in [-0.3, -0.25) is 4.79 Å². The highest BCUT2D eigenvalue weighted by atomic mass is 35.5. The van der Waals surface area contributed by atoms with Gasteiger partial charge in [0.05, 0.1) is 6.42 Å². The average molecular weight is 365 g/mol. The van der Waals surface area contributed by atoms with Crippen LogP contribution in [0.2, 0.25) is 0 Å². The van der Waals surface area contributed by atoms with Crippen molar-refractivity contribution in [2.24, 2.45) is 11.1 Å². The second kappa shape index (κ2) is 8.97. The van der Waals surface area contributed by atoms with E-state index in [1.165, 1.54) is 19.3 Å². The van der Waals surface area contributed by atoms with Gasteiger partial charge in [0.2, 0.25) is 11.8 Å². The summed E-state index contributed by atoms with van der Waals surface area (Å²) in [4.78, 5) is 16.4. The largest absolute Gasteiger partial charge is 0.339 e. The molecule has 1 aliphatic carbocycles. The van der Waals surface area contributed by atoms with Crippen LogP contribution in [0.3, 0.4) is 0 Å². The minimum absolute atomic E-state index is 0. The molecule has 0 aliphatic heterocycles. The van der Waals surface area contributed by atoms with Crippen LogP contribution < -0.4 is 11.1 Å². The summed E-state index contributed by atoms with van der Waals surface area (Å²) in [6.45, 7) is 0.638. The lowest BCUT2D eigenvalue weighted by Crippen LogP contribution is -2.35. The Balaban J connectivity index is 0.00000225. The molecular weight excluding hydrogens is 340 g/mol. The van der Waals surface area contributed by atoms with Crippen molar-refractivity contribution in [2.75, 3.05) is 11.9 Å². The fourth-order valence-electron chi connectivity index (χ4n) is 3.38. The van der Waals surface area contributed by atoms with Crippen LogP contribution in [0.1, 0.15) is 43.8 Å². The van der Waals surface area contributed by atoms with Gasteiger partial charge in [0.25, 0.3) is 0 Å². The maximum atomic E-state index is 12.0. The fraction of sp³-hybridized carbons (Fsp3) is 0.500. The first-order valence-electron chi connectivity index (χ1n) is 8.56. The van der Waals surface area contributed by atoms with E-state index in [9.17, 15) is 4.79 Å². The highest BCUT2D eigenvalue weighted by Gasteiger charge is 2.33. The predicted molar refractivity (Wildman–Crippen MR) is 98.6 cm³/mol. The number of halogens is 1. The number of aromatic nitrogens is 2. The molecule has 1 amide bonds. The Morgan fingerprint density at radius 1 is 1.20 bits per heavy atom. The lowest BCUT2D eigenvalue weighted by molar-refractivity contribution is -0.115. The summed E-state index contributed by atoms with van der Waals surface area (Å²) in [6, 6.07) is 9.33. The van der Waals surface area contributed by atoms with Crippen molar-refractivity contribution >= 4 is 24.0 Å². The first-order chi connectivity index (χ1) is 11.7. The van der Waals surface area contributed by atoms with Gasteiger partial charge in [-0.05, 0) is 36.9 Å². The van der Waals surface area contributed by atoms with E-state index in [2.05, 4.69) is 15.5 Å². The van der Waals surface area contributed by atoms with E-state index in [1.54, 1.807) is 0 Å². The van der Waals surface area contributed by atoms with E-state index in [0.29, 0.717) is 24.7 Å². The van der Waals surface area contributed by atoms with Gasteiger partial charge in [-0.15, -0.1) is 12.4 Å². The summed E-state index contributed by atoms with van der Waals surface area (Å²) in [6.07, 6.45) is 6.71. The van der Waals surface area contributed by atoms with Crippen LogP contribution in [0.4, 0.5) is 5.69 Å². The van der Waals surface area contributed by atoms with E-state index in [1.807, 2.05) is 30.3 Å². The normalized spacial score (nSPS) is 16.0. The third-order valence-corrected chi connectivity index (χ3v) is 4.76. The summed E-state index contributed by atoms with van der Waals surface area (Å²) in [5.41, 5.74) is 6.84. The van der Waals surface area contributed by atoms with Crippen molar-refractivity contribution in [1.82, 2.24) is 10.1 Å². The van der Waals surface area contributed by atoms with Gasteiger partial charge in [0.15, 0.2) is 5.82 Å². The standard InChI is InChI=1S/C18H24N4O2.ClH/c19-13-18(9-5-2-6-10-18)12-17-21-15(22-24-17)11-16(23)20-14-7-3-1-4-8-14;/h1,3-4,7-8H,2,5-6,9-13,19H2,(H,20,23);1H. The SMILES string of the molecule is Cl.NCC1(Cc2nc(CC(=O)Nc3ccccc3)no2)CCCCC1. The zero-order chi connectivity index (χ0) is 16.8. The Bertz CT molecular complexity index is 669. The molecule has 0 atom stereocenters. The summed E-state index contributed by atoms with van der Waals surface area (Å²) in [5, 5.41) is 6.76. The number of para-hydroxylation sites is 1.